The summed E-state index contributed by atoms with van der Waals surface area (Å²) in [6.07, 6.45) is 5.39. The molecule has 102 valence electrons. The van der Waals surface area contributed by atoms with Crippen LogP contribution in [0.4, 0.5) is 4.39 Å². The van der Waals surface area contributed by atoms with Crippen molar-refractivity contribution in [2.24, 2.45) is 11.8 Å². The fourth-order valence-electron chi connectivity index (χ4n) is 3.43. The number of hydrogen-bond donors (Lipinski definition) is 2. The summed E-state index contributed by atoms with van der Waals surface area (Å²) in [7, 11) is 0. The van der Waals surface area contributed by atoms with E-state index in [9.17, 15) is 4.39 Å². The second-order valence-corrected chi connectivity index (χ2v) is 6.14. The lowest BCUT2D eigenvalue weighted by atomic mass is 9.96. The van der Waals surface area contributed by atoms with E-state index in [0.717, 1.165) is 22.5 Å². The van der Waals surface area contributed by atoms with Crippen LogP contribution < -0.4 is 10.6 Å². The molecule has 0 amide bonds. The average molecular weight is 278 g/mol. The number of halogens is 1. The SMILES string of the molecule is Fc1ccc(CNC(=S)NC2CC3CCC2C3)cc1. The molecule has 3 unspecified atom stereocenters. The van der Waals surface area contributed by atoms with Gasteiger partial charge in [0.1, 0.15) is 5.82 Å². The molecule has 3 rings (SSSR count). The van der Waals surface area contributed by atoms with Crippen molar-refractivity contribution in [1.82, 2.24) is 10.6 Å². The van der Waals surface area contributed by atoms with Gasteiger partial charge in [-0.15, -0.1) is 0 Å². The van der Waals surface area contributed by atoms with Gasteiger partial charge in [-0.2, -0.15) is 0 Å². The lowest BCUT2D eigenvalue weighted by Crippen LogP contribution is -2.43. The summed E-state index contributed by atoms with van der Waals surface area (Å²) in [6.45, 7) is 0.646. The number of rotatable bonds is 3. The fourth-order valence-corrected chi connectivity index (χ4v) is 3.65. The molecule has 0 heterocycles. The largest absolute Gasteiger partial charge is 0.360 e. The van der Waals surface area contributed by atoms with Crippen molar-refractivity contribution in [1.29, 1.82) is 0 Å². The van der Waals surface area contributed by atoms with Gasteiger partial charge in [0.05, 0.1) is 0 Å². The maximum absolute atomic E-state index is 12.8. The highest BCUT2D eigenvalue weighted by Gasteiger charge is 2.39. The van der Waals surface area contributed by atoms with Gasteiger partial charge < -0.3 is 10.6 Å². The van der Waals surface area contributed by atoms with Crippen molar-refractivity contribution in [3.05, 3.63) is 35.6 Å². The monoisotopic (exact) mass is 278 g/mol. The maximum Gasteiger partial charge on any atom is 0.166 e. The smallest absolute Gasteiger partial charge is 0.166 e. The van der Waals surface area contributed by atoms with E-state index in [4.69, 9.17) is 12.2 Å². The number of nitrogens with one attached hydrogen (secondary N) is 2. The molecule has 2 bridgehead atoms. The summed E-state index contributed by atoms with van der Waals surface area (Å²) in [5, 5.41) is 7.36. The van der Waals surface area contributed by atoms with Crippen LogP contribution >= 0.6 is 12.2 Å². The van der Waals surface area contributed by atoms with Crippen molar-refractivity contribution >= 4 is 17.3 Å². The number of hydrogen-bond acceptors (Lipinski definition) is 1. The Morgan fingerprint density at radius 2 is 2.00 bits per heavy atom. The lowest BCUT2D eigenvalue weighted by Gasteiger charge is -2.24. The highest BCUT2D eigenvalue weighted by molar-refractivity contribution is 7.80. The van der Waals surface area contributed by atoms with Gasteiger partial charge in [-0.05, 0) is 61.0 Å². The van der Waals surface area contributed by atoms with Crippen molar-refractivity contribution in [3.63, 3.8) is 0 Å². The number of benzene rings is 1. The quantitative estimate of drug-likeness (QED) is 0.831. The first kappa shape index (κ1) is 12.9. The van der Waals surface area contributed by atoms with E-state index >= 15 is 0 Å². The lowest BCUT2D eigenvalue weighted by molar-refractivity contribution is 0.389. The molecule has 0 aromatic heterocycles. The Bertz CT molecular complexity index is 460. The molecule has 0 radical (unpaired) electrons. The summed E-state index contributed by atoms with van der Waals surface area (Å²) >= 11 is 5.33. The van der Waals surface area contributed by atoms with E-state index in [-0.39, 0.29) is 5.82 Å². The molecular weight excluding hydrogens is 259 g/mol. The first-order valence-corrected chi connectivity index (χ1v) is 7.40. The van der Waals surface area contributed by atoms with Crippen LogP contribution in [-0.4, -0.2) is 11.2 Å². The van der Waals surface area contributed by atoms with E-state index in [1.54, 1.807) is 12.1 Å². The second-order valence-electron chi connectivity index (χ2n) is 5.73. The van der Waals surface area contributed by atoms with Crippen molar-refractivity contribution in [3.8, 4) is 0 Å². The van der Waals surface area contributed by atoms with Crippen LogP contribution in [-0.2, 0) is 6.54 Å². The topological polar surface area (TPSA) is 24.1 Å². The second kappa shape index (κ2) is 5.45. The minimum Gasteiger partial charge on any atom is -0.360 e. The summed E-state index contributed by atoms with van der Waals surface area (Å²) in [5.41, 5.74) is 1.04. The molecule has 19 heavy (non-hydrogen) atoms. The Balaban J connectivity index is 1.45. The summed E-state index contributed by atoms with van der Waals surface area (Å²) < 4.78 is 12.8. The maximum atomic E-state index is 12.8. The van der Waals surface area contributed by atoms with E-state index < -0.39 is 0 Å². The van der Waals surface area contributed by atoms with Crippen LogP contribution in [0.3, 0.4) is 0 Å². The van der Waals surface area contributed by atoms with Gasteiger partial charge in [-0.3, -0.25) is 0 Å². The van der Waals surface area contributed by atoms with Crippen LogP contribution in [0, 0.1) is 17.7 Å². The van der Waals surface area contributed by atoms with Gasteiger partial charge in [0.2, 0.25) is 0 Å². The van der Waals surface area contributed by atoms with Crippen molar-refractivity contribution in [2.75, 3.05) is 0 Å². The first-order chi connectivity index (χ1) is 9.20. The molecule has 2 nitrogen and oxygen atoms in total. The van der Waals surface area contributed by atoms with Crippen LogP contribution in [0.15, 0.2) is 24.3 Å². The minimum atomic E-state index is -0.202. The Kier molecular flexibility index (Phi) is 3.69. The zero-order valence-corrected chi connectivity index (χ0v) is 11.7. The zero-order chi connectivity index (χ0) is 13.2. The van der Waals surface area contributed by atoms with Gasteiger partial charge in [0, 0.05) is 12.6 Å². The molecule has 3 atom stereocenters. The van der Waals surface area contributed by atoms with Crippen molar-refractivity contribution < 1.29 is 4.39 Å². The van der Waals surface area contributed by atoms with E-state index in [1.165, 1.54) is 37.8 Å². The van der Waals surface area contributed by atoms with Crippen molar-refractivity contribution in [2.45, 2.75) is 38.3 Å². The van der Waals surface area contributed by atoms with E-state index in [1.807, 2.05) is 0 Å². The van der Waals surface area contributed by atoms with Crippen LogP contribution in [0.25, 0.3) is 0 Å². The molecule has 0 spiro atoms. The zero-order valence-electron chi connectivity index (χ0n) is 10.9. The normalized spacial score (nSPS) is 28.4. The third-order valence-electron chi connectivity index (χ3n) is 4.42. The Morgan fingerprint density at radius 3 is 2.63 bits per heavy atom. The minimum absolute atomic E-state index is 0.202. The Morgan fingerprint density at radius 1 is 1.21 bits per heavy atom. The van der Waals surface area contributed by atoms with Crippen LogP contribution in [0.1, 0.15) is 31.2 Å². The van der Waals surface area contributed by atoms with Gasteiger partial charge in [0.25, 0.3) is 0 Å². The molecule has 2 aliphatic carbocycles. The Hall–Kier alpha value is -1.16. The molecule has 0 aliphatic heterocycles. The molecule has 4 heteroatoms. The molecular formula is C15H19FN2S. The number of thiocarbonyl (C=S) groups is 1. The third kappa shape index (κ3) is 3.06. The molecule has 0 saturated heterocycles. The third-order valence-corrected chi connectivity index (χ3v) is 4.68. The van der Waals surface area contributed by atoms with Crippen LogP contribution in [0.2, 0.25) is 0 Å². The van der Waals surface area contributed by atoms with E-state index in [0.29, 0.717) is 12.6 Å². The predicted molar refractivity (Wildman–Crippen MR) is 78.2 cm³/mol. The van der Waals surface area contributed by atoms with Gasteiger partial charge in [-0.25, -0.2) is 4.39 Å². The van der Waals surface area contributed by atoms with E-state index in [2.05, 4.69) is 10.6 Å². The number of fused-ring (bicyclic) bond motifs is 2. The fraction of sp³-hybridized carbons (Fsp3) is 0.533. The standard InChI is InChI=1S/C15H19FN2S/c16-13-5-2-10(3-6-13)9-17-15(19)18-14-8-11-1-4-12(14)7-11/h2-3,5-6,11-12,14H,1,4,7-9H2,(H2,17,18,19). The van der Waals surface area contributed by atoms with Crippen LogP contribution in [0.5, 0.6) is 0 Å². The first-order valence-electron chi connectivity index (χ1n) is 6.99. The predicted octanol–water partition coefficient (Wildman–Crippen LogP) is 2.98. The Labute approximate surface area is 118 Å². The van der Waals surface area contributed by atoms with Gasteiger partial charge in [-0.1, -0.05) is 18.6 Å². The molecule has 1 aromatic rings. The average Bonchev–Trinajstić information content (AvgIpc) is 3.00. The van der Waals surface area contributed by atoms with Gasteiger partial charge in [0.15, 0.2) is 5.11 Å². The van der Waals surface area contributed by atoms with Gasteiger partial charge >= 0.3 is 0 Å². The highest BCUT2D eigenvalue weighted by atomic mass is 32.1. The molecule has 2 N–H and O–H groups in total. The molecule has 2 aliphatic rings. The molecule has 2 fully saturated rings. The summed E-state index contributed by atoms with van der Waals surface area (Å²) in [6, 6.07) is 7.07. The molecule has 2 saturated carbocycles. The molecule has 1 aromatic carbocycles. The summed E-state index contributed by atoms with van der Waals surface area (Å²) in [4.78, 5) is 0. The summed E-state index contributed by atoms with van der Waals surface area (Å²) in [5.74, 6) is 1.53. The highest BCUT2D eigenvalue weighted by Crippen LogP contribution is 2.44.